The molecule has 4 fully saturated rings. The lowest BCUT2D eigenvalue weighted by molar-refractivity contribution is -0.0722. The number of fused-ring (bicyclic) bond motifs is 2. The van der Waals surface area contributed by atoms with Crippen molar-refractivity contribution in [3.05, 3.63) is 57.1 Å². The Hall–Kier alpha value is -0.800. The average Bonchev–Trinajstić information content (AvgIpc) is 3.23. The van der Waals surface area contributed by atoms with Crippen LogP contribution in [0.15, 0.2) is 41.5 Å². The monoisotopic (exact) mass is 443 g/mol. The van der Waals surface area contributed by atoms with Crippen LogP contribution < -0.4 is 5.32 Å². The number of nitrogens with one attached hydrogen (secondary N) is 1. The second-order valence-corrected chi connectivity index (χ2v) is 11.3. The lowest BCUT2D eigenvalue weighted by Crippen LogP contribution is -2.55. The minimum absolute atomic E-state index is 0.254. The van der Waals surface area contributed by atoms with Crippen molar-refractivity contribution in [3.63, 3.8) is 0 Å². The molecule has 6 atom stereocenters. The van der Waals surface area contributed by atoms with Crippen LogP contribution in [0, 0.1) is 22.2 Å². The standard InChI is InChI=1S/C26H31Cl2NO/c1-24-9-3-10-25-15-18(13-17-5-6-19(30-2)14-20(17)24)26(24,25)23(25)29-11-8-16-4-7-21(27)22(28)12-16/h4-5,7,12,14,18-19,23,29H,3,6,8-11,13,15H2,1-2H3/t18-,19?,23?,24?,25?,26?/m1/s1. The SMILES string of the molecule is COC1C=C2C(=CC1)C[C@@H]1CC34CCCC2(C)C13C4NCCc1ccc(Cl)c(Cl)c1. The van der Waals surface area contributed by atoms with E-state index in [4.69, 9.17) is 27.9 Å². The van der Waals surface area contributed by atoms with Gasteiger partial charge in [-0.2, -0.15) is 0 Å². The summed E-state index contributed by atoms with van der Waals surface area (Å²) in [6.45, 7) is 3.60. The molecule has 5 unspecified atom stereocenters. The van der Waals surface area contributed by atoms with Crippen molar-refractivity contribution in [3.8, 4) is 0 Å². The van der Waals surface area contributed by atoms with E-state index in [-0.39, 0.29) is 6.10 Å². The Morgan fingerprint density at radius 3 is 2.87 bits per heavy atom. The number of halogens is 2. The third kappa shape index (κ3) is 2.29. The van der Waals surface area contributed by atoms with E-state index in [9.17, 15) is 0 Å². The van der Waals surface area contributed by atoms with Gasteiger partial charge in [0, 0.05) is 24.0 Å². The van der Waals surface area contributed by atoms with Crippen LogP contribution in [0.5, 0.6) is 0 Å². The van der Waals surface area contributed by atoms with Crippen LogP contribution in [0.25, 0.3) is 0 Å². The molecule has 1 aromatic rings. The highest BCUT2D eigenvalue weighted by Crippen LogP contribution is 2.93. The van der Waals surface area contributed by atoms with Crippen molar-refractivity contribution >= 4 is 23.2 Å². The highest BCUT2D eigenvalue weighted by molar-refractivity contribution is 6.42. The topological polar surface area (TPSA) is 21.3 Å². The maximum atomic E-state index is 6.22. The first-order chi connectivity index (χ1) is 14.5. The Morgan fingerprint density at radius 2 is 2.07 bits per heavy atom. The zero-order valence-corrected chi connectivity index (χ0v) is 19.5. The second-order valence-electron chi connectivity index (χ2n) is 10.5. The molecule has 1 aromatic carbocycles. The fourth-order valence-electron chi connectivity index (χ4n) is 8.65. The van der Waals surface area contributed by atoms with Gasteiger partial charge in [-0.05, 0) is 85.2 Å². The summed E-state index contributed by atoms with van der Waals surface area (Å²) in [7, 11) is 1.85. The number of rotatable bonds is 5. The van der Waals surface area contributed by atoms with Gasteiger partial charge in [-0.3, -0.25) is 0 Å². The lowest BCUT2D eigenvalue weighted by Gasteiger charge is -2.62. The van der Waals surface area contributed by atoms with Gasteiger partial charge in [0.05, 0.1) is 16.1 Å². The Labute approximate surface area is 190 Å². The molecule has 0 aromatic heterocycles. The van der Waals surface area contributed by atoms with Gasteiger partial charge in [0.1, 0.15) is 0 Å². The largest absolute Gasteiger partial charge is 0.377 e. The molecule has 160 valence electrons. The zero-order valence-electron chi connectivity index (χ0n) is 17.9. The zero-order chi connectivity index (χ0) is 20.7. The minimum atomic E-state index is 0.254. The van der Waals surface area contributed by atoms with Crippen LogP contribution in [-0.2, 0) is 11.2 Å². The maximum Gasteiger partial charge on any atom is 0.0792 e. The number of hydrogen-bond acceptors (Lipinski definition) is 2. The number of methoxy groups -OCH3 is 1. The number of hydrogen-bond donors (Lipinski definition) is 1. The summed E-state index contributed by atoms with van der Waals surface area (Å²) in [5.74, 6) is 0.854. The molecule has 2 nitrogen and oxygen atoms in total. The van der Waals surface area contributed by atoms with Gasteiger partial charge in [-0.15, -0.1) is 0 Å². The summed E-state index contributed by atoms with van der Waals surface area (Å²) in [4.78, 5) is 0. The summed E-state index contributed by atoms with van der Waals surface area (Å²) in [5, 5.41) is 5.34. The molecule has 0 aliphatic heterocycles. The number of allylic oxidation sites excluding steroid dienone is 2. The number of ether oxygens (including phenoxy) is 1. The molecule has 0 saturated heterocycles. The van der Waals surface area contributed by atoms with E-state index < -0.39 is 0 Å². The van der Waals surface area contributed by atoms with Gasteiger partial charge in [0.25, 0.3) is 0 Å². The van der Waals surface area contributed by atoms with Gasteiger partial charge in [-0.1, -0.05) is 54.8 Å². The molecule has 4 saturated carbocycles. The van der Waals surface area contributed by atoms with Crippen LogP contribution >= 0.6 is 23.2 Å². The molecule has 1 N–H and O–H groups in total. The highest BCUT2D eigenvalue weighted by Gasteiger charge is 2.92. The molecule has 1 spiro atoms. The molecule has 0 heterocycles. The molecule has 5 aliphatic carbocycles. The van der Waals surface area contributed by atoms with Crippen LogP contribution in [0.2, 0.25) is 10.0 Å². The van der Waals surface area contributed by atoms with Crippen molar-refractivity contribution in [1.29, 1.82) is 0 Å². The van der Waals surface area contributed by atoms with E-state index in [0.717, 1.165) is 25.3 Å². The molecule has 5 aliphatic rings. The lowest BCUT2D eigenvalue weighted by atomic mass is 9.42. The van der Waals surface area contributed by atoms with Gasteiger partial charge < -0.3 is 10.1 Å². The van der Waals surface area contributed by atoms with Crippen molar-refractivity contribution in [2.75, 3.05) is 13.7 Å². The summed E-state index contributed by atoms with van der Waals surface area (Å²) in [6, 6.07) is 6.70. The van der Waals surface area contributed by atoms with Crippen LogP contribution in [0.3, 0.4) is 0 Å². The quantitative estimate of drug-likeness (QED) is 0.570. The van der Waals surface area contributed by atoms with Crippen LogP contribution in [-0.4, -0.2) is 25.8 Å². The Morgan fingerprint density at radius 1 is 1.20 bits per heavy atom. The molecule has 4 heteroatoms. The molecular formula is C26H31Cl2NO. The van der Waals surface area contributed by atoms with E-state index in [1.807, 2.05) is 19.2 Å². The minimum Gasteiger partial charge on any atom is -0.377 e. The summed E-state index contributed by atoms with van der Waals surface area (Å²) in [6.07, 6.45) is 14.1. The second kappa shape index (κ2) is 6.61. The fraction of sp³-hybridized carbons (Fsp3) is 0.615. The molecule has 0 radical (unpaired) electrons. The Kier molecular flexibility index (Phi) is 4.37. The fourth-order valence-corrected chi connectivity index (χ4v) is 8.97. The first kappa shape index (κ1) is 19.9. The molecule has 6 rings (SSSR count). The van der Waals surface area contributed by atoms with Gasteiger partial charge >= 0.3 is 0 Å². The molecule has 0 amide bonds. The molecule has 30 heavy (non-hydrogen) atoms. The first-order valence-electron chi connectivity index (χ1n) is 11.6. The van der Waals surface area contributed by atoms with E-state index in [1.165, 1.54) is 37.7 Å². The predicted octanol–water partition coefficient (Wildman–Crippen LogP) is 6.37. The highest BCUT2D eigenvalue weighted by atomic mass is 35.5. The van der Waals surface area contributed by atoms with Crippen LogP contribution in [0.4, 0.5) is 0 Å². The maximum absolute atomic E-state index is 6.22. The van der Waals surface area contributed by atoms with E-state index in [1.54, 1.807) is 11.1 Å². The van der Waals surface area contributed by atoms with E-state index in [2.05, 4.69) is 30.5 Å². The van der Waals surface area contributed by atoms with Crippen molar-refractivity contribution in [1.82, 2.24) is 5.32 Å². The van der Waals surface area contributed by atoms with Gasteiger partial charge in [0.15, 0.2) is 0 Å². The summed E-state index contributed by atoms with van der Waals surface area (Å²) < 4.78 is 5.75. The Balaban J connectivity index is 1.25. The van der Waals surface area contributed by atoms with Crippen molar-refractivity contribution in [2.45, 2.75) is 64.0 Å². The van der Waals surface area contributed by atoms with Gasteiger partial charge in [0.2, 0.25) is 0 Å². The predicted molar refractivity (Wildman–Crippen MR) is 123 cm³/mol. The third-order valence-corrected chi connectivity index (χ3v) is 10.4. The summed E-state index contributed by atoms with van der Waals surface area (Å²) in [5.41, 5.74) is 5.84. The van der Waals surface area contributed by atoms with Gasteiger partial charge in [-0.25, -0.2) is 0 Å². The van der Waals surface area contributed by atoms with E-state index in [0.29, 0.717) is 32.3 Å². The molecular weight excluding hydrogens is 413 g/mol. The summed E-state index contributed by atoms with van der Waals surface area (Å²) >= 11 is 12.3. The average molecular weight is 444 g/mol. The first-order valence-corrected chi connectivity index (χ1v) is 12.3. The van der Waals surface area contributed by atoms with Crippen LogP contribution in [0.1, 0.15) is 51.0 Å². The van der Waals surface area contributed by atoms with Crippen molar-refractivity contribution < 1.29 is 4.74 Å². The Bertz CT molecular complexity index is 970. The van der Waals surface area contributed by atoms with Crippen molar-refractivity contribution in [2.24, 2.45) is 22.2 Å². The number of benzene rings is 1. The third-order valence-electron chi connectivity index (χ3n) is 9.62. The normalized spacial score (nSPS) is 42.9. The smallest absolute Gasteiger partial charge is 0.0792 e. The van der Waals surface area contributed by atoms with E-state index >= 15 is 0 Å². The molecule has 0 bridgehead atoms.